The van der Waals surface area contributed by atoms with Crippen LogP contribution in [0.25, 0.3) is 0 Å². The van der Waals surface area contributed by atoms with E-state index in [9.17, 15) is 13.2 Å². The number of halogens is 1. The van der Waals surface area contributed by atoms with Crippen LogP contribution in [0.15, 0.2) is 27.6 Å². The van der Waals surface area contributed by atoms with Gasteiger partial charge in [0.05, 0.1) is 4.90 Å². The SMILES string of the molecule is CCCCN(C)C(=O)c1ccc(Br)c(S(=O)(=O)N(C)C)c1. The molecular weight excluding hydrogens is 356 g/mol. The van der Waals surface area contributed by atoms with Crippen LogP contribution in [0.5, 0.6) is 0 Å². The smallest absolute Gasteiger partial charge is 0.253 e. The van der Waals surface area contributed by atoms with Gasteiger partial charge in [0.25, 0.3) is 5.91 Å². The minimum atomic E-state index is -3.59. The molecule has 0 saturated carbocycles. The van der Waals surface area contributed by atoms with E-state index < -0.39 is 10.0 Å². The third-order valence-corrected chi connectivity index (χ3v) is 5.94. The zero-order valence-corrected chi connectivity index (χ0v) is 15.2. The predicted molar refractivity (Wildman–Crippen MR) is 86.9 cm³/mol. The van der Waals surface area contributed by atoms with Crippen LogP contribution >= 0.6 is 15.9 Å². The first-order valence-electron chi connectivity index (χ1n) is 6.69. The fourth-order valence-electron chi connectivity index (χ4n) is 1.75. The third kappa shape index (κ3) is 4.28. The molecule has 21 heavy (non-hydrogen) atoms. The zero-order valence-electron chi connectivity index (χ0n) is 12.8. The molecule has 0 aliphatic rings. The van der Waals surface area contributed by atoms with Gasteiger partial charge >= 0.3 is 0 Å². The van der Waals surface area contributed by atoms with Crippen LogP contribution in [0, 0.1) is 0 Å². The van der Waals surface area contributed by atoms with Gasteiger partial charge in [-0.05, 0) is 40.5 Å². The Hall–Kier alpha value is -0.920. The molecule has 0 saturated heterocycles. The first kappa shape index (κ1) is 18.1. The average molecular weight is 377 g/mol. The number of unbranched alkanes of at least 4 members (excludes halogenated alkanes) is 1. The summed E-state index contributed by atoms with van der Waals surface area (Å²) in [4.78, 5) is 14.0. The van der Waals surface area contributed by atoms with Crippen LogP contribution in [0.1, 0.15) is 30.1 Å². The molecule has 1 rings (SSSR count). The molecule has 118 valence electrons. The van der Waals surface area contributed by atoms with Gasteiger partial charge in [0.15, 0.2) is 0 Å². The number of nitrogens with zero attached hydrogens (tertiary/aromatic N) is 2. The molecule has 0 unspecified atom stereocenters. The second-order valence-electron chi connectivity index (χ2n) is 5.01. The molecule has 1 aromatic rings. The monoisotopic (exact) mass is 376 g/mol. The van der Waals surface area contributed by atoms with Crippen molar-refractivity contribution in [3.05, 3.63) is 28.2 Å². The first-order chi connectivity index (χ1) is 9.71. The standard InChI is InChI=1S/C14H21BrN2O3S/c1-5-6-9-17(4)14(18)11-7-8-12(15)13(10-11)21(19,20)16(2)3/h7-8,10H,5-6,9H2,1-4H3. The number of hydrogen-bond acceptors (Lipinski definition) is 3. The van der Waals surface area contributed by atoms with E-state index in [1.54, 1.807) is 24.1 Å². The van der Waals surface area contributed by atoms with E-state index in [4.69, 9.17) is 0 Å². The van der Waals surface area contributed by atoms with Gasteiger partial charge in [-0.3, -0.25) is 4.79 Å². The molecule has 0 aliphatic carbocycles. The lowest BCUT2D eigenvalue weighted by atomic mass is 10.2. The Bertz CT molecular complexity index is 615. The summed E-state index contributed by atoms with van der Waals surface area (Å²) in [6, 6.07) is 4.64. The summed E-state index contributed by atoms with van der Waals surface area (Å²) in [7, 11) is 1.06. The topological polar surface area (TPSA) is 57.7 Å². The minimum Gasteiger partial charge on any atom is -0.342 e. The molecule has 0 aromatic heterocycles. The van der Waals surface area contributed by atoms with Crippen LogP contribution in [-0.4, -0.2) is 51.2 Å². The van der Waals surface area contributed by atoms with Crippen molar-refractivity contribution >= 4 is 31.9 Å². The number of hydrogen-bond donors (Lipinski definition) is 0. The van der Waals surface area contributed by atoms with Gasteiger partial charge in [0.2, 0.25) is 10.0 Å². The number of sulfonamides is 1. The van der Waals surface area contributed by atoms with Gasteiger partial charge in [0, 0.05) is 37.7 Å². The Kier molecular flexibility index (Phi) is 6.37. The summed E-state index contributed by atoms with van der Waals surface area (Å²) < 4.78 is 26.1. The summed E-state index contributed by atoms with van der Waals surface area (Å²) in [6.45, 7) is 2.71. The van der Waals surface area contributed by atoms with E-state index in [0.29, 0.717) is 16.6 Å². The number of benzene rings is 1. The molecular formula is C14H21BrN2O3S. The lowest BCUT2D eigenvalue weighted by Crippen LogP contribution is -2.28. The van der Waals surface area contributed by atoms with E-state index in [-0.39, 0.29) is 10.8 Å². The Morgan fingerprint density at radius 1 is 1.24 bits per heavy atom. The second kappa shape index (κ2) is 7.38. The Labute approximate surface area is 135 Å². The molecule has 1 amide bonds. The van der Waals surface area contributed by atoms with Crippen molar-refractivity contribution in [2.24, 2.45) is 0 Å². The highest BCUT2D eigenvalue weighted by Crippen LogP contribution is 2.25. The van der Waals surface area contributed by atoms with Crippen molar-refractivity contribution in [3.8, 4) is 0 Å². The van der Waals surface area contributed by atoms with Crippen LogP contribution < -0.4 is 0 Å². The Morgan fingerprint density at radius 3 is 2.38 bits per heavy atom. The van der Waals surface area contributed by atoms with Crippen LogP contribution in [0.4, 0.5) is 0 Å². The van der Waals surface area contributed by atoms with Gasteiger partial charge in [-0.25, -0.2) is 12.7 Å². The summed E-state index contributed by atoms with van der Waals surface area (Å²) in [5, 5.41) is 0. The third-order valence-electron chi connectivity index (χ3n) is 3.13. The quantitative estimate of drug-likeness (QED) is 0.766. The minimum absolute atomic E-state index is 0.0993. The summed E-state index contributed by atoms with van der Waals surface area (Å²) in [5.41, 5.74) is 0.372. The molecule has 5 nitrogen and oxygen atoms in total. The van der Waals surface area contributed by atoms with E-state index >= 15 is 0 Å². The van der Waals surface area contributed by atoms with E-state index in [2.05, 4.69) is 22.9 Å². The summed E-state index contributed by atoms with van der Waals surface area (Å²) >= 11 is 3.23. The molecule has 0 aliphatic heterocycles. The summed E-state index contributed by atoms with van der Waals surface area (Å²) in [5.74, 6) is -0.175. The van der Waals surface area contributed by atoms with Crippen molar-refractivity contribution in [1.82, 2.24) is 9.21 Å². The Morgan fingerprint density at radius 2 is 1.86 bits per heavy atom. The maximum Gasteiger partial charge on any atom is 0.253 e. The normalized spacial score (nSPS) is 11.7. The molecule has 1 aromatic carbocycles. The number of carbonyl (C=O) groups excluding carboxylic acids is 1. The van der Waals surface area contributed by atoms with Crippen LogP contribution in [0.2, 0.25) is 0 Å². The lowest BCUT2D eigenvalue weighted by Gasteiger charge is -2.18. The van der Waals surface area contributed by atoms with Crippen molar-refractivity contribution in [2.75, 3.05) is 27.7 Å². The number of amides is 1. The Balaban J connectivity index is 3.16. The fraction of sp³-hybridized carbons (Fsp3) is 0.500. The van der Waals surface area contributed by atoms with Crippen LogP contribution in [0.3, 0.4) is 0 Å². The highest BCUT2D eigenvalue weighted by molar-refractivity contribution is 9.10. The highest BCUT2D eigenvalue weighted by Gasteiger charge is 2.23. The van der Waals surface area contributed by atoms with Crippen molar-refractivity contribution in [3.63, 3.8) is 0 Å². The van der Waals surface area contributed by atoms with Crippen molar-refractivity contribution < 1.29 is 13.2 Å². The van der Waals surface area contributed by atoms with E-state index in [1.165, 1.54) is 20.2 Å². The van der Waals surface area contributed by atoms with Crippen molar-refractivity contribution in [2.45, 2.75) is 24.7 Å². The largest absolute Gasteiger partial charge is 0.342 e. The van der Waals surface area contributed by atoms with Crippen molar-refractivity contribution in [1.29, 1.82) is 0 Å². The number of carbonyl (C=O) groups is 1. The molecule has 7 heteroatoms. The van der Waals surface area contributed by atoms with Gasteiger partial charge in [-0.15, -0.1) is 0 Å². The number of rotatable bonds is 6. The lowest BCUT2D eigenvalue weighted by molar-refractivity contribution is 0.0793. The molecule has 0 fully saturated rings. The van der Waals surface area contributed by atoms with E-state index in [0.717, 1.165) is 17.1 Å². The average Bonchev–Trinajstić information content (AvgIpc) is 2.44. The van der Waals surface area contributed by atoms with Crippen LogP contribution in [-0.2, 0) is 10.0 Å². The predicted octanol–water partition coefficient (Wildman–Crippen LogP) is 2.57. The highest BCUT2D eigenvalue weighted by atomic mass is 79.9. The molecule has 0 N–H and O–H groups in total. The van der Waals surface area contributed by atoms with Gasteiger partial charge in [-0.2, -0.15) is 0 Å². The molecule has 0 heterocycles. The van der Waals surface area contributed by atoms with Gasteiger partial charge in [0.1, 0.15) is 0 Å². The molecule has 0 radical (unpaired) electrons. The first-order valence-corrected chi connectivity index (χ1v) is 8.92. The van der Waals surface area contributed by atoms with Gasteiger partial charge < -0.3 is 4.90 Å². The second-order valence-corrected chi connectivity index (χ2v) is 7.99. The van der Waals surface area contributed by atoms with E-state index in [1.807, 2.05) is 0 Å². The molecule has 0 bridgehead atoms. The molecule has 0 atom stereocenters. The maximum atomic E-state index is 12.3. The maximum absolute atomic E-state index is 12.3. The molecule has 0 spiro atoms. The zero-order chi connectivity index (χ0) is 16.2. The van der Waals surface area contributed by atoms with Gasteiger partial charge in [-0.1, -0.05) is 13.3 Å². The fourth-order valence-corrected chi connectivity index (χ4v) is 3.59. The summed E-state index contributed by atoms with van der Waals surface area (Å²) in [6.07, 6.45) is 1.92.